The molecule has 17 heavy (non-hydrogen) atoms. The van der Waals surface area contributed by atoms with Crippen molar-refractivity contribution in [2.75, 3.05) is 13.7 Å². The predicted octanol–water partition coefficient (Wildman–Crippen LogP) is 3.36. The monoisotopic (exact) mass is 239 g/mol. The van der Waals surface area contributed by atoms with E-state index in [4.69, 9.17) is 4.74 Å². The molecule has 0 saturated heterocycles. The molecule has 2 fully saturated rings. The average Bonchev–Trinajstić information content (AvgIpc) is 2.64. The van der Waals surface area contributed by atoms with Crippen LogP contribution in [0.1, 0.15) is 58.8 Å². The molecule has 0 aliphatic heterocycles. The van der Waals surface area contributed by atoms with Gasteiger partial charge in [-0.05, 0) is 43.4 Å². The minimum Gasteiger partial charge on any atom is -0.381 e. The number of ether oxygens (including phenoxy) is 1. The molecule has 1 N–H and O–H groups in total. The van der Waals surface area contributed by atoms with E-state index >= 15 is 0 Å². The van der Waals surface area contributed by atoms with Gasteiger partial charge in [-0.3, -0.25) is 0 Å². The Balaban J connectivity index is 1.74. The fourth-order valence-corrected chi connectivity index (χ4v) is 3.73. The minimum absolute atomic E-state index is 0.525. The quantitative estimate of drug-likeness (QED) is 0.767. The van der Waals surface area contributed by atoms with E-state index < -0.39 is 0 Å². The highest BCUT2D eigenvalue weighted by Gasteiger charge is 2.36. The molecule has 2 heteroatoms. The van der Waals surface area contributed by atoms with Crippen molar-refractivity contribution in [1.29, 1.82) is 0 Å². The standard InChI is InChI=1S/C15H29NO/c1-12(2)10-15(6-4-5-7-15)11-16-13-8-14(9-13)17-3/h12-14,16H,4-11H2,1-3H3. The lowest BCUT2D eigenvalue weighted by molar-refractivity contribution is 0.0134. The van der Waals surface area contributed by atoms with Crippen LogP contribution in [-0.4, -0.2) is 25.8 Å². The Morgan fingerprint density at radius 1 is 1.24 bits per heavy atom. The summed E-state index contributed by atoms with van der Waals surface area (Å²) in [6, 6.07) is 0.726. The van der Waals surface area contributed by atoms with Gasteiger partial charge in [-0.2, -0.15) is 0 Å². The molecule has 0 atom stereocenters. The van der Waals surface area contributed by atoms with Crippen LogP contribution >= 0.6 is 0 Å². The molecule has 0 spiro atoms. The van der Waals surface area contributed by atoms with E-state index in [-0.39, 0.29) is 0 Å². The van der Waals surface area contributed by atoms with Crippen LogP contribution in [0.15, 0.2) is 0 Å². The van der Waals surface area contributed by atoms with E-state index in [9.17, 15) is 0 Å². The first kappa shape index (κ1) is 13.4. The van der Waals surface area contributed by atoms with Crippen LogP contribution in [0.3, 0.4) is 0 Å². The Morgan fingerprint density at radius 3 is 2.41 bits per heavy atom. The molecule has 0 radical (unpaired) electrons. The maximum absolute atomic E-state index is 5.34. The summed E-state index contributed by atoms with van der Waals surface area (Å²) < 4.78 is 5.34. The smallest absolute Gasteiger partial charge is 0.0601 e. The molecule has 2 saturated carbocycles. The van der Waals surface area contributed by atoms with Gasteiger partial charge < -0.3 is 10.1 Å². The molecule has 2 aliphatic carbocycles. The van der Waals surface area contributed by atoms with E-state index in [1.54, 1.807) is 0 Å². The molecule has 0 unspecified atom stereocenters. The van der Waals surface area contributed by atoms with E-state index in [1.165, 1.54) is 51.5 Å². The average molecular weight is 239 g/mol. The zero-order valence-corrected chi connectivity index (χ0v) is 11.8. The van der Waals surface area contributed by atoms with Gasteiger partial charge in [0.25, 0.3) is 0 Å². The zero-order chi connectivity index (χ0) is 12.3. The summed E-state index contributed by atoms with van der Waals surface area (Å²) in [6.07, 6.45) is 10.1. The van der Waals surface area contributed by atoms with Gasteiger partial charge in [0.05, 0.1) is 6.10 Å². The van der Waals surface area contributed by atoms with Gasteiger partial charge in [-0.25, -0.2) is 0 Å². The number of methoxy groups -OCH3 is 1. The van der Waals surface area contributed by atoms with Crippen molar-refractivity contribution in [2.24, 2.45) is 11.3 Å². The highest BCUT2D eigenvalue weighted by atomic mass is 16.5. The fourth-order valence-electron chi connectivity index (χ4n) is 3.73. The van der Waals surface area contributed by atoms with Crippen molar-refractivity contribution in [3.8, 4) is 0 Å². The van der Waals surface area contributed by atoms with Crippen molar-refractivity contribution in [2.45, 2.75) is 70.9 Å². The van der Waals surface area contributed by atoms with E-state index in [0.717, 1.165) is 12.0 Å². The summed E-state index contributed by atoms with van der Waals surface area (Å²) in [4.78, 5) is 0. The first-order chi connectivity index (χ1) is 8.13. The number of rotatable bonds is 6. The molecule has 0 aromatic carbocycles. The van der Waals surface area contributed by atoms with Crippen molar-refractivity contribution in [1.82, 2.24) is 5.32 Å². The van der Waals surface area contributed by atoms with Crippen LogP contribution < -0.4 is 5.32 Å². The topological polar surface area (TPSA) is 21.3 Å². The van der Waals surface area contributed by atoms with Crippen LogP contribution in [0.2, 0.25) is 0 Å². The second kappa shape index (κ2) is 5.71. The van der Waals surface area contributed by atoms with E-state index in [2.05, 4.69) is 19.2 Å². The second-order valence-corrected chi connectivity index (χ2v) is 6.71. The Bertz CT molecular complexity index is 227. The summed E-state index contributed by atoms with van der Waals surface area (Å²) in [6.45, 7) is 5.97. The Labute approximate surface area is 107 Å². The van der Waals surface area contributed by atoms with Crippen molar-refractivity contribution in [3.63, 3.8) is 0 Å². The fraction of sp³-hybridized carbons (Fsp3) is 1.00. The molecule has 0 amide bonds. The lowest BCUT2D eigenvalue weighted by Gasteiger charge is -2.39. The first-order valence-electron chi connectivity index (χ1n) is 7.40. The van der Waals surface area contributed by atoms with Gasteiger partial charge >= 0.3 is 0 Å². The lowest BCUT2D eigenvalue weighted by Crippen LogP contribution is -2.48. The summed E-state index contributed by atoms with van der Waals surface area (Å²) in [7, 11) is 1.83. The normalized spacial score (nSPS) is 31.8. The van der Waals surface area contributed by atoms with Crippen molar-refractivity contribution < 1.29 is 4.74 Å². The summed E-state index contributed by atoms with van der Waals surface area (Å²) >= 11 is 0. The summed E-state index contributed by atoms with van der Waals surface area (Å²) in [5, 5.41) is 3.79. The largest absolute Gasteiger partial charge is 0.381 e. The second-order valence-electron chi connectivity index (χ2n) is 6.71. The predicted molar refractivity (Wildman–Crippen MR) is 72.2 cm³/mol. The molecule has 0 heterocycles. The van der Waals surface area contributed by atoms with Crippen molar-refractivity contribution >= 4 is 0 Å². The number of hydrogen-bond donors (Lipinski definition) is 1. The first-order valence-corrected chi connectivity index (χ1v) is 7.40. The molecule has 0 aromatic heterocycles. The Morgan fingerprint density at radius 2 is 1.88 bits per heavy atom. The summed E-state index contributed by atoms with van der Waals surface area (Å²) in [5.41, 5.74) is 0.617. The van der Waals surface area contributed by atoms with Gasteiger partial charge in [0, 0.05) is 19.7 Å². The van der Waals surface area contributed by atoms with Gasteiger partial charge in [-0.1, -0.05) is 26.7 Å². The van der Waals surface area contributed by atoms with E-state index in [0.29, 0.717) is 11.5 Å². The molecule has 2 aliphatic rings. The molecular weight excluding hydrogens is 210 g/mol. The third-order valence-electron chi connectivity index (χ3n) is 4.70. The molecular formula is C15H29NO. The van der Waals surface area contributed by atoms with Gasteiger partial charge in [0.2, 0.25) is 0 Å². The van der Waals surface area contributed by atoms with Gasteiger partial charge in [0.15, 0.2) is 0 Å². The SMILES string of the molecule is COC1CC(NCC2(CC(C)C)CCCC2)C1. The molecule has 2 nitrogen and oxygen atoms in total. The highest BCUT2D eigenvalue weighted by Crippen LogP contribution is 2.43. The van der Waals surface area contributed by atoms with Crippen LogP contribution in [-0.2, 0) is 4.74 Å². The Hall–Kier alpha value is -0.0800. The highest BCUT2D eigenvalue weighted by molar-refractivity contribution is 4.92. The van der Waals surface area contributed by atoms with E-state index in [1.807, 2.05) is 7.11 Å². The van der Waals surface area contributed by atoms with Crippen LogP contribution in [0.25, 0.3) is 0 Å². The van der Waals surface area contributed by atoms with Crippen molar-refractivity contribution in [3.05, 3.63) is 0 Å². The van der Waals surface area contributed by atoms with Gasteiger partial charge in [0.1, 0.15) is 0 Å². The molecule has 0 aromatic rings. The number of hydrogen-bond acceptors (Lipinski definition) is 2. The third kappa shape index (κ3) is 3.45. The van der Waals surface area contributed by atoms with Crippen LogP contribution in [0.4, 0.5) is 0 Å². The zero-order valence-electron chi connectivity index (χ0n) is 11.8. The van der Waals surface area contributed by atoms with Crippen LogP contribution in [0.5, 0.6) is 0 Å². The molecule has 2 rings (SSSR count). The third-order valence-corrected chi connectivity index (χ3v) is 4.70. The molecule has 0 bridgehead atoms. The Kier molecular flexibility index (Phi) is 4.48. The number of nitrogens with one attached hydrogen (secondary N) is 1. The minimum atomic E-state index is 0.525. The lowest BCUT2D eigenvalue weighted by atomic mass is 9.77. The maximum Gasteiger partial charge on any atom is 0.0601 e. The van der Waals surface area contributed by atoms with Gasteiger partial charge in [-0.15, -0.1) is 0 Å². The molecule has 100 valence electrons. The maximum atomic E-state index is 5.34. The van der Waals surface area contributed by atoms with Crippen LogP contribution in [0, 0.1) is 11.3 Å². The summed E-state index contributed by atoms with van der Waals surface area (Å²) in [5.74, 6) is 0.836.